The minimum Gasteiger partial charge on any atom is -0.301 e. The first-order valence-corrected chi connectivity index (χ1v) is 8.78. The molecule has 5 heteroatoms. The average molecular weight is 332 g/mol. The summed E-state index contributed by atoms with van der Waals surface area (Å²) in [5, 5.41) is 2.10. The van der Waals surface area contributed by atoms with E-state index in [0.29, 0.717) is 17.5 Å². The molecule has 1 N–H and O–H groups in total. The molecule has 2 amide bonds. The van der Waals surface area contributed by atoms with Crippen LogP contribution in [0.5, 0.6) is 0 Å². The summed E-state index contributed by atoms with van der Waals surface area (Å²) in [5.74, 6) is -0.745. The van der Waals surface area contributed by atoms with Crippen molar-refractivity contribution in [3.63, 3.8) is 0 Å². The minimum absolute atomic E-state index is 0.0393. The fourth-order valence-corrected chi connectivity index (χ4v) is 3.73. The van der Waals surface area contributed by atoms with Crippen LogP contribution in [-0.2, 0) is 15.3 Å². The lowest BCUT2D eigenvalue weighted by atomic mass is 9.84. The van der Waals surface area contributed by atoms with Crippen molar-refractivity contribution in [2.45, 2.75) is 57.2 Å². The monoisotopic (exact) mass is 332 g/mol. The minimum atomic E-state index is -2.09. The number of piperidine rings is 2. The first-order valence-electron chi connectivity index (χ1n) is 8.78. The molecule has 4 nitrogen and oxygen atoms in total. The molecule has 0 spiro atoms. The maximum absolute atomic E-state index is 15.0. The molecule has 0 radical (unpaired) electrons. The number of nitrogens with one attached hydrogen (secondary N) is 1. The van der Waals surface area contributed by atoms with Crippen molar-refractivity contribution in [2.24, 2.45) is 0 Å². The summed E-state index contributed by atoms with van der Waals surface area (Å²) in [6.07, 6.45) is 2.17. The molecule has 2 fully saturated rings. The molecular weight excluding hydrogens is 307 g/mol. The van der Waals surface area contributed by atoms with Crippen molar-refractivity contribution in [3.05, 3.63) is 35.4 Å². The number of hydrogen-bond acceptors (Lipinski definition) is 3. The van der Waals surface area contributed by atoms with Gasteiger partial charge in [0.2, 0.25) is 11.6 Å². The Hall–Kier alpha value is -1.75. The van der Waals surface area contributed by atoms with E-state index in [1.807, 2.05) is 12.1 Å². The zero-order valence-electron chi connectivity index (χ0n) is 14.3. The molecular formula is C19H25FN2O2. The zero-order chi connectivity index (χ0) is 17.3. The number of likely N-dealkylation sites (tertiary alicyclic amines) is 1. The number of imide groups is 1. The van der Waals surface area contributed by atoms with Gasteiger partial charge in [0, 0.05) is 18.9 Å². The SMILES string of the molecule is CC(C)N1CCC(c2ccc(C3(F)CCC(=O)NC3=O)cc2)CC1. The molecule has 2 aliphatic heterocycles. The van der Waals surface area contributed by atoms with E-state index in [1.54, 1.807) is 12.1 Å². The van der Waals surface area contributed by atoms with E-state index < -0.39 is 17.5 Å². The van der Waals surface area contributed by atoms with E-state index in [-0.39, 0.29) is 12.8 Å². The van der Waals surface area contributed by atoms with Crippen LogP contribution in [0.1, 0.15) is 56.6 Å². The van der Waals surface area contributed by atoms with Crippen LogP contribution in [0.25, 0.3) is 0 Å². The predicted octanol–water partition coefficient (Wildman–Crippen LogP) is 2.88. The maximum atomic E-state index is 15.0. The van der Waals surface area contributed by atoms with Crippen LogP contribution < -0.4 is 5.32 Å². The molecule has 0 bridgehead atoms. The lowest BCUT2D eigenvalue weighted by Crippen LogP contribution is -2.49. The van der Waals surface area contributed by atoms with E-state index in [9.17, 15) is 9.59 Å². The maximum Gasteiger partial charge on any atom is 0.268 e. The number of hydrogen-bond donors (Lipinski definition) is 1. The number of carbonyl (C=O) groups is 2. The number of nitrogens with zero attached hydrogens (tertiary/aromatic N) is 1. The number of alkyl halides is 1. The highest BCUT2D eigenvalue weighted by Crippen LogP contribution is 2.36. The van der Waals surface area contributed by atoms with Gasteiger partial charge in [-0.1, -0.05) is 24.3 Å². The molecule has 2 heterocycles. The third-order valence-electron chi connectivity index (χ3n) is 5.41. The molecule has 1 aromatic rings. The Bertz CT molecular complexity index is 621. The van der Waals surface area contributed by atoms with Crippen LogP contribution in [0.15, 0.2) is 24.3 Å². The molecule has 0 aliphatic carbocycles. The number of rotatable bonds is 3. The normalized spacial score (nSPS) is 26.7. The first kappa shape index (κ1) is 17.1. The number of benzene rings is 1. The zero-order valence-corrected chi connectivity index (χ0v) is 14.3. The summed E-state index contributed by atoms with van der Waals surface area (Å²) in [4.78, 5) is 25.6. The van der Waals surface area contributed by atoms with Gasteiger partial charge in [-0.25, -0.2) is 4.39 Å². The van der Waals surface area contributed by atoms with Crippen molar-refractivity contribution in [2.75, 3.05) is 13.1 Å². The smallest absolute Gasteiger partial charge is 0.268 e. The summed E-state index contributed by atoms with van der Waals surface area (Å²) in [6.45, 7) is 6.61. The second-order valence-corrected chi connectivity index (χ2v) is 7.20. The van der Waals surface area contributed by atoms with Gasteiger partial charge in [0.15, 0.2) is 0 Å². The Morgan fingerprint density at radius 1 is 1.17 bits per heavy atom. The number of carbonyl (C=O) groups excluding carboxylic acids is 2. The molecule has 2 aliphatic rings. The van der Waals surface area contributed by atoms with Crippen molar-refractivity contribution in [3.8, 4) is 0 Å². The number of halogens is 1. The van der Waals surface area contributed by atoms with E-state index >= 15 is 4.39 Å². The lowest BCUT2D eigenvalue weighted by molar-refractivity contribution is -0.144. The van der Waals surface area contributed by atoms with E-state index in [4.69, 9.17) is 0 Å². The number of amides is 2. The topological polar surface area (TPSA) is 49.4 Å². The van der Waals surface area contributed by atoms with Crippen molar-refractivity contribution in [1.82, 2.24) is 10.2 Å². The molecule has 0 aromatic heterocycles. The van der Waals surface area contributed by atoms with Crippen LogP contribution in [0.2, 0.25) is 0 Å². The van der Waals surface area contributed by atoms with Gasteiger partial charge in [-0.15, -0.1) is 0 Å². The van der Waals surface area contributed by atoms with Gasteiger partial charge in [-0.3, -0.25) is 14.9 Å². The third-order valence-corrected chi connectivity index (χ3v) is 5.41. The van der Waals surface area contributed by atoms with E-state index in [2.05, 4.69) is 24.1 Å². The van der Waals surface area contributed by atoms with Crippen LogP contribution in [0.3, 0.4) is 0 Å². The van der Waals surface area contributed by atoms with Gasteiger partial charge in [-0.05, 0) is 56.8 Å². The second kappa shape index (κ2) is 6.63. The van der Waals surface area contributed by atoms with E-state index in [1.165, 1.54) is 5.56 Å². The summed E-state index contributed by atoms with van der Waals surface area (Å²) in [5.41, 5.74) is -0.540. The highest BCUT2D eigenvalue weighted by molar-refractivity contribution is 6.02. The van der Waals surface area contributed by atoms with Gasteiger partial charge >= 0.3 is 0 Å². The molecule has 0 saturated carbocycles. The van der Waals surface area contributed by atoms with Gasteiger partial charge in [0.1, 0.15) is 0 Å². The van der Waals surface area contributed by atoms with Crippen molar-refractivity contribution >= 4 is 11.8 Å². The molecule has 1 atom stereocenters. The van der Waals surface area contributed by atoms with Crippen LogP contribution >= 0.6 is 0 Å². The Morgan fingerprint density at radius 2 is 1.79 bits per heavy atom. The molecule has 3 rings (SSSR count). The average Bonchev–Trinajstić information content (AvgIpc) is 2.59. The Balaban J connectivity index is 1.70. The Morgan fingerprint density at radius 3 is 2.33 bits per heavy atom. The summed E-state index contributed by atoms with van der Waals surface area (Å²) in [6, 6.07) is 7.87. The molecule has 1 unspecified atom stereocenters. The Labute approximate surface area is 142 Å². The van der Waals surface area contributed by atoms with Gasteiger partial charge in [0.25, 0.3) is 5.91 Å². The molecule has 1 aromatic carbocycles. The van der Waals surface area contributed by atoms with Gasteiger partial charge in [-0.2, -0.15) is 0 Å². The van der Waals surface area contributed by atoms with Crippen molar-refractivity contribution in [1.29, 1.82) is 0 Å². The van der Waals surface area contributed by atoms with Crippen LogP contribution in [-0.4, -0.2) is 35.8 Å². The lowest BCUT2D eigenvalue weighted by Gasteiger charge is -2.35. The molecule has 2 saturated heterocycles. The summed E-state index contributed by atoms with van der Waals surface area (Å²) in [7, 11) is 0. The van der Waals surface area contributed by atoms with Crippen LogP contribution in [0.4, 0.5) is 4.39 Å². The fourth-order valence-electron chi connectivity index (χ4n) is 3.73. The Kier molecular flexibility index (Phi) is 4.72. The molecule has 130 valence electrons. The summed E-state index contributed by atoms with van der Waals surface area (Å²) >= 11 is 0. The largest absolute Gasteiger partial charge is 0.301 e. The summed E-state index contributed by atoms with van der Waals surface area (Å²) < 4.78 is 15.0. The highest BCUT2D eigenvalue weighted by atomic mass is 19.1. The van der Waals surface area contributed by atoms with Crippen LogP contribution in [0, 0.1) is 0 Å². The van der Waals surface area contributed by atoms with Crippen molar-refractivity contribution < 1.29 is 14.0 Å². The second-order valence-electron chi connectivity index (χ2n) is 7.20. The van der Waals surface area contributed by atoms with E-state index in [0.717, 1.165) is 25.9 Å². The fraction of sp³-hybridized carbons (Fsp3) is 0.579. The highest BCUT2D eigenvalue weighted by Gasteiger charge is 2.44. The quantitative estimate of drug-likeness (QED) is 0.866. The third kappa shape index (κ3) is 3.22. The molecule has 24 heavy (non-hydrogen) atoms. The van der Waals surface area contributed by atoms with Gasteiger partial charge in [0.05, 0.1) is 0 Å². The predicted molar refractivity (Wildman–Crippen MR) is 90.3 cm³/mol. The standard InChI is InChI=1S/C19H25FN2O2/c1-13(2)22-11-8-15(9-12-22)14-3-5-16(6-4-14)19(20)10-7-17(23)21-18(19)24/h3-6,13,15H,7-12H2,1-2H3,(H,21,23,24). The first-order chi connectivity index (χ1) is 11.4. The van der Waals surface area contributed by atoms with Gasteiger partial charge < -0.3 is 4.90 Å².